The number of nitriles is 1. The van der Waals surface area contributed by atoms with E-state index in [9.17, 15) is 4.79 Å². The van der Waals surface area contributed by atoms with Gasteiger partial charge in [0.15, 0.2) is 0 Å². The number of ether oxygens (including phenoxy) is 1. The highest BCUT2D eigenvalue weighted by Crippen LogP contribution is 2.25. The Morgan fingerprint density at radius 3 is 2.73 bits per heavy atom. The van der Waals surface area contributed by atoms with E-state index < -0.39 is 5.97 Å². The zero-order chi connectivity index (χ0) is 11.4. The van der Waals surface area contributed by atoms with Crippen molar-refractivity contribution >= 4 is 37.8 Å². The topological polar surface area (TPSA) is 50.1 Å². The molecule has 0 heterocycles. The summed E-state index contributed by atoms with van der Waals surface area (Å²) in [6.07, 6.45) is 0. The van der Waals surface area contributed by atoms with Crippen LogP contribution in [0.25, 0.3) is 0 Å². The van der Waals surface area contributed by atoms with Crippen LogP contribution in [0.15, 0.2) is 16.6 Å². The SMILES string of the molecule is COC(=O)c1c(Br)cc(C#N)cc1CBr. The number of carbonyl (C=O) groups excluding carboxylic acids is 1. The van der Waals surface area contributed by atoms with Gasteiger partial charge in [0.1, 0.15) is 0 Å². The van der Waals surface area contributed by atoms with Gasteiger partial charge in [0.25, 0.3) is 0 Å². The van der Waals surface area contributed by atoms with Crippen molar-refractivity contribution in [3.8, 4) is 6.07 Å². The molecular formula is C10H7Br2NO2. The second-order valence-electron chi connectivity index (χ2n) is 2.73. The first-order valence-electron chi connectivity index (χ1n) is 4.00. The number of nitrogens with zero attached hydrogens (tertiary/aromatic N) is 1. The van der Waals surface area contributed by atoms with Gasteiger partial charge in [-0.05, 0) is 33.6 Å². The van der Waals surface area contributed by atoms with E-state index in [-0.39, 0.29) is 0 Å². The highest BCUT2D eigenvalue weighted by atomic mass is 79.9. The molecule has 0 aliphatic rings. The number of carbonyl (C=O) groups is 1. The molecule has 5 heteroatoms. The number of hydrogen-bond acceptors (Lipinski definition) is 3. The number of alkyl halides is 1. The Bertz CT molecular complexity index is 438. The fourth-order valence-electron chi connectivity index (χ4n) is 1.16. The Kier molecular flexibility index (Phi) is 4.30. The van der Waals surface area contributed by atoms with Crippen molar-refractivity contribution in [1.82, 2.24) is 0 Å². The smallest absolute Gasteiger partial charge is 0.339 e. The lowest BCUT2D eigenvalue weighted by atomic mass is 10.1. The van der Waals surface area contributed by atoms with Crippen LogP contribution < -0.4 is 0 Å². The largest absolute Gasteiger partial charge is 0.465 e. The molecule has 0 radical (unpaired) electrons. The first kappa shape index (κ1) is 12.2. The zero-order valence-electron chi connectivity index (χ0n) is 7.88. The molecule has 1 aromatic rings. The van der Waals surface area contributed by atoms with Crippen molar-refractivity contribution in [3.63, 3.8) is 0 Å². The summed E-state index contributed by atoms with van der Waals surface area (Å²) < 4.78 is 5.23. The van der Waals surface area contributed by atoms with E-state index >= 15 is 0 Å². The number of rotatable bonds is 2. The van der Waals surface area contributed by atoms with Gasteiger partial charge >= 0.3 is 5.97 Å². The monoisotopic (exact) mass is 331 g/mol. The molecule has 0 atom stereocenters. The first-order valence-corrected chi connectivity index (χ1v) is 5.92. The summed E-state index contributed by atoms with van der Waals surface area (Å²) >= 11 is 6.51. The minimum atomic E-state index is -0.416. The van der Waals surface area contributed by atoms with E-state index in [1.54, 1.807) is 12.1 Å². The standard InChI is InChI=1S/C10H7Br2NO2/c1-15-10(14)9-7(4-11)2-6(5-13)3-8(9)12/h2-3H,4H2,1H3. The highest BCUT2D eigenvalue weighted by molar-refractivity contribution is 9.10. The minimum Gasteiger partial charge on any atom is -0.465 e. The van der Waals surface area contributed by atoms with Crippen molar-refractivity contribution in [3.05, 3.63) is 33.3 Å². The Labute approximate surface area is 104 Å². The van der Waals surface area contributed by atoms with Gasteiger partial charge in [0.2, 0.25) is 0 Å². The van der Waals surface area contributed by atoms with Crippen LogP contribution in [0.5, 0.6) is 0 Å². The van der Waals surface area contributed by atoms with Crippen molar-refractivity contribution in [2.45, 2.75) is 5.33 Å². The lowest BCUT2D eigenvalue weighted by Gasteiger charge is -2.08. The third-order valence-corrected chi connectivity index (χ3v) is 3.06. The average Bonchev–Trinajstić information content (AvgIpc) is 2.26. The molecule has 0 spiro atoms. The van der Waals surface area contributed by atoms with Gasteiger partial charge in [-0.1, -0.05) is 15.9 Å². The van der Waals surface area contributed by atoms with E-state index in [0.717, 1.165) is 5.56 Å². The number of esters is 1. The molecule has 78 valence electrons. The molecule has 0 aliphatic heterocycles. The normalized spacial score (nSPS) is 9.47. The molecule has 0 aromatic heterocycles. The molecule has 15 heavy (non-hydrogen) atoms. The van der Waals surface area contributed by atoms with Crippen LogP contribution >= 0.6 is 31.9 Å². The maximum Gasteiger partial charge on any atom is 0.339 e. The highest BCUT2D eigenvalue weighted by Gasteiger charge is 2.16. The molecule has 0 aliphatic carbocycles. The third-order valence-electron chi connectivity index (χ3n) is 1.83. The van der Waals surface area contributed by atoms with Crippen molar-refractivity contribution in [2.75, 3.05) is 7.11 Å². The number of benzene rings is 1. The van der Waals surface area contributed by atoms with E-state index in [1.165, 1.54) is 7.11 Å². The average molecular weight is 333 g/mol. The lowest BCUT2D eigenvalue weighted by Crippen LogP contribution is -2.06. The predicted molar refractivity (Wildman–Crippen MR) is 62.8 cm³/mol. The van der Waals surface area contributed by atoms with E-state index in [1.807, 2.05) is 6.07 Å². The van der Waals surface area contributed by atoms with Crippen LogP contribution in [0.1, 0.15) is 21.5 Å². The fraction of sp³-hybridized carbons (Fsp3) is 0.200. The van der Waals surface area contributed by atoms with Crippen LogP contribution in [0, 0.1) is 11.3 Å². The molecule has 0 amide bonds. The molecule has 0 bridgehead atoms. The summed E-state index contributed by atoms with van der Waals surface area (Å²) in [6, 6.07) is 5.28. The van der Waals surface area contributed by atoms with Gasteiger partial charge < -0.3 is 4.74 Å². The fourth-order valence-corrected chi connectivity index (χ4v) is 2.27. The van der Waals surface area contributed by atoms with Gasteiger partial charge in [-0.2, -0.15) is 5.26 Å². The summed E-state index contributed by atoms with van der Waals surface area (Å²) in [7, 11) is 1.32. The number of methoxy groups -OCH3 is 1. The lowest BCUT2D eigenvalue weighted by molar-refractivity contribution is 0.0599. The molecule has 0 saturated carbocycles. The Morgan fingerprint density at radius 1 is 1.60 bits per heavy atom. The van der Waals surface area contributed by atoms with Gasteiger partial charge in [0.05, 0.1) is 24.3 Å². The van der Waals surface area contributed by atoms with Gasteiger partial charge in [0, 0.05) is 9.80 Å². The molecule has 0 N–H and O–H groups in total. The molecule has 1 aromatic carbocycles. The number of halogens is 2. The first-order chi connectivity index (χ1) is 7.13. The Hall–Kier alpha value is -0.860. The predicted octanol–water partition coefficient (Wildman–Crippen LogP) is 3.00. The van der Waals surface area contributed by atoms with Crippen LogP contribution in [0.3, 0.4) is 0 Å². The summed E-state index contributed by atoms with van der Waals surface area (Å²) in [5, 5.41) is 9.26. The molecule has 0 saturated heterocycles. The van der Waals surface area contributed by atoms with Crippen LogP contribution in [0.4, 0.5) is 0 Å². The summed E-state index contributed by atoms with van der Waals surface area (Å²) in [6.45, 7) is 0. The van der Waals surface area contributed by atoms with Crippen molar-refractivity contribution in [2.24, 2.45) is 0 Å². The summed E-state index contributed by atoms with van der Waals surface area (Å²) in [5.74, 6) is -0.416. The Morgan fingerprint density at radius 2 is 2.27 bits per heavy atom. The molecule has 0 unspecified atom stereocenters. The van der Waals surface area contributed by atoms with Crippen LogP contribution in [-0.4, -0.2) is 13.1 Å². The van der Waals surface area contributed by atoms with Gasteiger partial charge in [-0.25, -0.2) is 4.79 Å². The van der Waals surface area contributed by atoms with E-state index in [2.05, 4.69) is 36.6 Å². The maximum atomic E-state index is 11.5. The molecular weight excluding hydrogens is 326 g/mol. The van der Waals surface area contributed by atoms with Crippen molar-refractivity contribution < 1.29 is 9.53 Å². The quantitative estimate of drug-likeness (QED) is 0.618. The maximum absolute atomic E-state index is 11.5. The summed E-state index contributed by atoms with van der Waals surface area (Å²) in [5.41, 5.74) is 1.69. The van der Waals surface area contributed by atoms with E-state index in [4.69, 9.17) is 5.26 Å². The second-order valence-corrected chi connectivity index (χ2v) is 4.14. The number of hydrogen-bond donors (Lipinski definition) is 0. The van der Waals surface area contributed by atoms with Crippen molar-refractivity contribution in [1.29, 1.82) is 5.26 Å². The van der Waals surface area contributed by atoms with E-state index in [0.29, 0.717) is 20.9 Å². The van der Waals surface area contributed by atoms with Crippen LogP contribution in [0.2, 0.25) is 0 Å². The third kappa shape index (κ3) is 2.58. The van der Waals surface area contributed by atoms with Gasteiger partial charge in [-0.3, -0.25) is 0 Å². The Balaban J connectivity index is 3.39. The minimum absolute atomic E-state index is 0.416. The molecule has 3 nitrogen and oxygen atoms in total. The molecule has 1 rings (SSSR count). The van der Waals surface area contributed by atoms with Gasteiger partial charge in [-0.15, -0.1) is 0 Å². The summed E-state index contributed by atoms with van der Waals surface area (Å²) in [4.78, 5) is 11.5. The van der Waals surface area contributed by atoms with Crippen LogP contribution in [-0.2, 0) is 10.1 Å². The second kappa shape index (κ2) is 5.29. The molecule has 0 fully saturated rings. The zero-order valence-corrected chi connectivity index (χ0v) is 11.1.